The maximum atomic E-state index is 9.18. The van der Waals surface area contributed by atoms with Crippen molar-refractivity contribution in [1.82, 2.24) is 0 Å². The fraction of sp³-hybridized carbons (Fsp3) is 1.00. The maximum absolute atomic E-state index is 9.18. The molecule has 5 heteroatoms. The highest BCUT2D eigenvalue weighted by molar-refractivity contribution is 4.57. The number of rotatable bonds is 18. The SMILES string of the molecule is CCCCCCCCCCCCOCC(CO)OCC(O)CO. The quantitative estimate of drug-likeness (QED) is 0.336. The molecule has 0 aromatic carbocycles. The Hall–Kier alpha value is -0.200. The average Bonchev–Trinajstić information content (AvgIpc) is 2.58. The van der Waals surface area contributed by atoms with Gasteiger partial charge in [-0.05, 0) is 6.42 Å². The van der Waals surface area contributed by atoms with Gasteiger partial charge in [-0.1, -0.05) is 64.7 Å². The first-order valence-corrected chi connectivity index (χ1v) is 9.33. The first-order chi connectivity index (χ1) is 11.2. The maximum Gasteiger partial charge on any atom is 0.104 e. The molecule has 0 aliphatic carbocycles. The Labute approximate surface area is 142 Å². The molecule has 0 aliphatic heterocycles. The minimum Gasteiger partial charge on any atom is -0.394 e. The third-order valence-corrected chi connectivity index (χ3v) is 3.88. The monoisotopic (exact) mass is 334 g/mol. The highest BCUT2D eigenvalue weighted by Gasteiger charge is 2.10. The summed E-state index contributed by atoms with van der Waals surface area (Å²) in [5, 5.41) is 27.0. The lowest BCUT2D eigenvalue weighted by atomic mass is 10.1. The van der Waals surface area contributed by atoms with Gasteiger partial charge in [-0.25, -0.2) is 0 Å². The predicted molar refractivity (Wildman–Crippen MR) is 92.6 cm³/mol. The number of hydrogen-bond acceptors (Lipinski definition) is 5. The van der Waals surface area contributed by atoms with E-state index in [9.17, 15) is 5.11 Å². The van der Waals surface area contributed by atoms with Crippen molar-refractivity contribution in [2.45, 2.75) is 83.3 Å². The summed E-state index contributed by atoms with van der Waals surface area (Å²) in [7, 11) is 0. The highest BCUT2D eigenvalue weighted by Crippen LogP contribution is 2.10. The van der Waals surface area contributed by atoms with Crippen LogP contribution in [0.5, 0.6) is 0 Å². The first kappa shape index (κ1) is 22.8. The van der Waals surface area contributed by atoms with Gasteiger partial charge in [0.05, 0.1) is 26.4 Å². The van der Waals surface area contributed by atoms with Crippen LogP contribution in [0.4, 0.5) is 0 Å². The summed E-state index contributed by atoms with van der Waals surface area (Å²) in [6.07, 6.45) is 11.6. The van der Waals surface area contributed by atoms with Gasteiger partial charge >= 0.3 is 0 Å². The lowest BCUT2D eigenvalue weighted by Crippen LogP contribution is -2.29. The Balaban J connectivity index is 3.27. The van der Waals surface area contributed by atoms with Gasteiger partial charge in [-0.2, -0.15) is 0 Å². The third kappa shape index (κ3) is 16.4. The number of hydrogen-bond donors (Lipinski definition) is 3. The van der Waals surface area contributed by atoms with Crippen molar-refractivity contribution in [3.63, 3.8) is 0 Å². The molecule has 5 nitrogen and oxygen atoms in total. The van der Waals surface area contributed by atoms with Gasteiger partial charge in [0.2, 0.25) is 0 Å². The summed E-state index contributed by atoms with van der Waals surface area (Å²) in [4.78, 5) is 0. The Morgan fingerprint density at radius 2 is 1.30 bits per heavy atom. The number of unbranched alkanes of at least 4 members (excludes halogenated alkanes) is 9. The van der Waals surface area contributed by atoms with E-state index in [4.69, 9.17) is 19.7 Å². The largest absolute Gasteiger partial charge is 0.394 e. The first-order valence-electron chi connectivity index (χ1n) is 9.33. The average molecular weight is 334 g/mol. The molecular formula is C18H38O5. The van der Waals surface area contributed by atoms with E-state index in [-0.39, 0.29) is 19.8 Å². The Morgan fingerprint density at radius 3 is 1.83 bits per heavy atom. The van der Waals surface area contributed by atoms with Crippen LogP contribution in [0.1, 0.15) is 71.1 Å². The van der Waals surface area contributed by atoms with Crippen LogP contribution < -0.4 is 0 Å². The van der Waals surface area contributed by atoms with Gasteiger partial charge in [-0.15, -0.1) is 0 Å². The van der Waals surface area contributed by atoms with E-state index in [0.29, 0.717) is 13.2 Å². The molecule has 0 saturated heterocycles. The van der Waals surface area contributed by atoms with Gasteiger partial charge in [0.1, 0.15) is 12.2 Å². The molecule has 0 radical (unpaired) electrons. The molecule has 2 unspecified atom stereocenters. The van der Waals surface area contributed by atoms with Crippen LogP contribution in [-0.4, -0.2) is 60.6 Å². The van der Waals surface area contributed by atoms with E-state index in [1.165, 1.54) is 57.8 Å². The Kier molecular flexibility index (Phi) is 18.0. The predicted octanol–water partition coefficient (Wildman–Crippen LogP) is 2.65. The topological polar surface area (TPSA) is 79.2 Å². The van der Waals surface area contributed by atoms with E-state index >= 15 is 0 Å². The zero-order chi connectivity index (χ0) is 17.2. The van der Waals surface area contributed by atoms with E-state index in [0.717, 1.165) is 6.42 Å². The minimum atomic E-state index is -0.897. The van der Waals surface area contributed by atoms with Crippen molar-refractivity contribution in [3.05, 3.63) is 0 Å². The summed E-state index contributed by atoms with van der Waals surface area (Å²) in [5.74, 6) is 0. The molecule has 23 heavy (non-hydrogen) atoms. The standard InChI is InChI=1S/C18H38O5/c1-2-3-4-5-6-7-8-9-10-11-12-22-16-18(14-20)23-15-17(21)13-19/h17-21H,2-16H2,1H3. The zero-order valence-corrected chi connectivity index (χ0v) is 14.9. The third-order valence-electron chi connectivity index (χ3n) is 3.88. The molecule has 0 amide bonds. The Bertz CT molecular complexity index is 225. The van der Waals surface area contributed by atoms with Gasteiger partial charge in [0.15, 0.2) is 0 Å². The molecule has 0 bridgehead atoms. The van der Waals surface area contributed by atoms with Crippen molar-refractivity contribution in [1.29, 1.82) is 0 Å². The van der Waals surface area contributed by atoms with Crippen LogP contribution in [0.2, 0.25) is 0 Å². The summed E-state index contributed by atoms with van der Waals surface area (Å²) in [6.45, 7) is 2.79. The van der Waals surface area contributed by atoms with E-state index in [1.54, 1.807) is 0 Å². The number of aliphatic hydroxyl groups excluding tert-OH is 3. The van der Waals surface area contributed by atoms with Crippen LogP contribution in [0.25, 0.3) is 0 Å². The normalized spacial score (nSPS) is 14.1. The number of aliphatic hydroxyl groups is 3. The second-order valence-electron chi connectivity index (χ2n) is 6.23. The van der Waals surface area contributed by atoms with Gasteiger partial charge in [-0.3, -0.25) is 0 Å². The van der Waals surface area contributed by atoms with E-state index in [1.807, 2.05) is 0 Å². The van der Waals surface area contributed by atoms with Crippen LogP contribution in [0, 0.1) is 0 Å². The van der Waals surface area contributed by atoms with Crippen molar-refractivity contribution in [3.8, 4) is 0 Å². The lowest BCUT2D eigenvalue weighted by Gasteiger charge is -2.17. The second-order valence-corrected chi connectivity index (χ2v) is 6.23. The Morgan fingerprint density at radius 1 is 0.739 bits per heavy atom. The van der Waals surface area contributed by atoms with Crippen LogP contribution in [0.15, 0.2) is 0 Å². The molecule has 0 saturated carbocycles. The van der Waals surface area contributed by atoms with Gasteiger partial charge in [0, 0.05) is 6.61 Å². The van der Waals surface area contributed by atoms with E-state index in [2.05, 4.69) is 6.92 Å². The molecule has 0 rings (SSSR count). The van der Waals surface area contributed by atoms with Gasteiger partial charge < -0.3 is 24.8 Å². The highest BCUT2D eigenvalue weighted by atomic mass is 16.5. The van der Waals surface area contributed by atoms with Crippen molar-refractivity contribution in [2.75, 3.05) is 33.0 Å². The smallest absolute Gasteiger partial charge is 0.104 e. The van der Waals surface area contributed by atoms with Crippen LogP contribution in [0.3, 0.4) is 0 Å². The zero-order valence-electron chi connectivity index (χ0n) is 14.9. The van der Waals surface area contributed by atoms with Crippen LogP contribution >= 0.6 is 0 Å². The summed E-state index contributed by atoms with van der Waals surface area (Å²) >= 11 is 0. The molecule has 0 heterocycles. The van der Waals surface area contributed by atoms with Crippen LogP contribution in [-0.2, 0) is 9.47 Å². The number of ether oxygens (including phenoxy) is 2. The molecule has 3 N–H and O–H groups in total. The minimum absolute atomic E-state index is 0.0172. The fourth-order valence-corrected chi connectivity index (χ4v) is 2.36. The summed E-state index contributed by atoms with van der Waals surface area (Å²) in [5.41, 5.74) is 0. The molecule has 2 atom stereocenters. The molecule has 0 aromatic heterocycles. The van der Waals surface area contributed by atoms with Gasteiger partial charge in [0.25, 0.3) is 0 Å². The second kappa shape index (κ2) is 18.1. The van der Waals surface area contributed by atoms with E-state index < -0.39 is 12.2 Å². The molecular weight excluding hydrogens is 296 g/mol. The fourth-order valence-electron chi connectivity index (χ4n) is 2.36. The molecule has 0 aromatic rings. The van der Waals surface area contributed by atoms with Crippen molar-refractivity contribution in [2.24, 2.45) is 0 Å². The summed E-state index contributed by atoms with van der Waals surface area (Å²) < 4.78 is 10.8. The molecule has 140 valence electrons. The molecule has 0 aliphatic rings. The van der Waals surface area contributed by atoms with Crippen molar-refractivity contribution < 1.29 is 24.8 Å². The summed E-state index contributed by atoms with van der Waals surface area (Å²) in [6, 6.07) is 0. The molecule has 0 fully saturated rings. The van der Waals surface area contributed by atoms with Crippen molar-refractivity contribution >= 4 is 0 Å². The molecule has 0 spiro atoms. The lowest BCUT2D eigenvalue weighted by molar-refractivity contribution is -0.0765.